The Kier molecular flexibility index (Phi) is 4.24. The van der Waals surface area contributed by atoms with Crippen LogP contribution in [-0.4, -0.2) is 30.9 Å². The van der Waals surface area contributed by atoms with Crippen molar-refractivity contribution in [3.63, 3.8) is 0 Å². The fourth-order valence-corrected chi connectivity index (χ4v) is 3.16. The molecule has 0 amide bonds. The largest absolute Gasteiger partial charge is 0.327 e. The van der Waals surface area contributed by atoms with Crippen molar-refractivity contribution < 1.29 is 4.92 Å². The van der Waals surface area contributed by atoms with Gasteiger partial charge in [-0.3, -0.25) is 10.1 Å². The van der Waals surface area contributed by atoms with Crippen LogP contribution >= 0.6 is 15.9 Å². The smallest absolute Gasteiger partial charge is 0.278 e. The molecule has 2 aromatic carbocycles. The third-order valence-corrected chi connectivity index (χ3v) is 4.56. The standard InChI is InChI=1S/C17H12BrN7O2/c1-24-14-7-6-11(18)8-12(14)15-16(24)20-17(23-21-15)22-19-9-10-4-2-3-5-13(10)25(26)27/h2-9H,1H3,(H,20,22,23)/b19-9+. The van der Waals surface area contributed by atoms with Gasteiger partial charge in [-0.05, 0) is 24.3 Å². The van der Waals surface area contributed by atoms with Crippen molar-refractivity contribution in [1.29, 1.82) is 0 Å². The molecule has 0 fully saturated rings. The highest BCUT2D eigenvalue weighted by molar-refractivity contribution is 9.10. The summed E-state index contributed by atoms with van der Waals surface area (Å²) in [6, 6.07) is 12.2. The predicted octanol–water partition coefficient (Wildman–Crippen LogP) is 3.63. The average molecular weight is 426 g/mol. The van der Waals surface area contributed by atoms with Crippen LogP contribution in [0.15, 0.2) is 52.0 Å². The van der Waals surface area contributed by atoms with Gasteiger partial charge in [0.1, 0.15) is 5.52 Å². The summed E-state index contributed by atoms with van der Waals surface area (Å²) in [5, 5.41) is 24.3. The van der Waals surface area contributed by atoms with Gasteiger partial charge < -0.3 is 4.57 Å². The first-order valence-electron chi connectivity index (χ1n) is 7.85. The number of hydrazone groups is 1. The summed E-state index contributed by atoms with van der Waals surface area (Å²) in [7, 11) is 1.90. The van der Waals surface area contributed by atoms with Gasteiger partial charge in [0.2, 0.25) is 0 Å². The average Bonchev–Trinajstić information content (AvgIpc) is 2.93. The van der Waals surface area contributed by atoms with Crippen LogP contribution in [0.2, 0.25) is 0 Å². The van der Waals surface area contributed by atoms with Crippen molar-refractivity contribution in [3.05, 3.63) is 62.6 Å². The number of hydrogen-bond acceptors (Lipinski definition) is 7. The zero-order valence-electron chi connectivity index (χ0n) is 14.0. The van der Waals surface area contributed by atoms with Crippen LogP contribution in [0, 0.1) is 10.1 Å². The van der Waals surface area contributed by atoms with Crippen LogP contribution in [-0.2, 0) is 7.05 Å². The second-order valence-corrected chi connectivity index (χ2v) is 6.63. The Morgan fingerprint density at radius 2 is 2.07 bits per heavy atom. The van der Waals surface area contributed by atoms with Gasteiger partial charge in [0.15, 0.2) is 5.65 Å². The number of nitrogens with one attached hydrogen (secondary N) is 1. The van der Waals surface area contributed by atoms with Crippen molar-refractivity contribution in [2.45, 2.75) is 0 Å². The molecule has 0 aliphatic carbocycles. The first kappa shape index (κ1) is 17.0. The van der Waals surface area contributed by atoms with E-state index < -0.39 is 4.92 Å². The molecule has 1 N–H and O–H groups in total. The maximum Gasteiger partial charge on any atom is 0.278 e. The van der Waals surface area contributed by atoms with Crippen molar-refractivity contribution in [2.24, 2.45) is 12.1 Å². The van der Waals surface area contributed by atoms with E-state index >= 15 is 0 Å². The van der Waals surface area contributed by atoms with E-state index in [2.05, 4.69) is 41.6 Å². The molecule has 0 aliphatic heterocycles. The molecule has 0 bridgehead atoms. The van der Waals surface area contributed by atoms with Gasteiger partial charge >= 0.3 is 0 Å². The zero-order valence-corrected chi connectivity index (χ0v) is 15.6. The van der Waals surface area contributed by atoms with Gasteiger partial charge in [-0.2, -0.15) is 10.1 Å². The maximum atomic E-state index is 11.0. The topological polar surface area (TPSA) is 111 Å². The third-order valence-electron chi connectivity index (χ3n) is 4.06. The molecule has 27 heavy (non-hydrogen) atoms. The molecule has 134 valence electrons. The lowest BCUT2D eigenvalue weighted by Gasteiger charge is -2.00. The van der Waals surface area contributed by atoms with Gasteiger partial charge in [0, 0.05) is 23.0 Å². The van der Waals surface area contributed by atoms with E-state index in [0.29, 0.717) is 16.7 Å². The number of aryl methyl sites for hydroxylation is 1. The number of aromatic nitrogens is 4. The fourth-order valence-electron chi connectivity index (χ4n) is 2.80. The molecule has 0 unspecified atom stereocenters. The lowest BCUT2D eigenvalue weighted by molar-refractivity contribution is -0.385. The minimum atomic E-state index is -0.459. The second kappa shape index (κ2) is 6.72. The number of nitro groups is 1. The SMILES string of the molecule is Cn1c2ccc(Br)cc2c2nnc(N/N=C/c3ccccc3[N+](=O)[O-])nc21. The number of nitrogens with zero attached hydrogens (tertiary/aromatic N) is 6. The van der Waals surface area contributed by atoms with Gasteiger partial charge in [0.25, 0.3) is 11.6 Å². The summed E-state index contributed by atoms with van der Waals surface area (Å²) in [5.41, 5.74) is 5.34. The lowest BCUT2D eigenvalue weighted by atomic mass is 10.2. The summed E-state index contributed by atoms with van der Waals surface area (Å²) in [6.07, 6.45) is 1.35. The Hall–Kier alpha value is -3.40. The number of para-hydroxylation sites is 1. The third kappa shape index (κ3) is 3.10. The highest BCUT2D eigenvalue weighted by atomic mass is 79.9. The second-order valence-electron chi connectivity index (χ2n) is 5.71. The summed E-state index contributed by atoms with van der Waals surface area (Å²) in [6.45, 7) is 0. The van der Waals surface area contributed by atoms with Gasteiger partial charge in [0.05, 0.1) is 22.2 Å². The number of benzene rings is 2. The number of fused-ring (bicyclic) bond motifs is 3. The monoisotopic (exact) mass is 425 g/mol. The van der Waals surface area contributed by atoms with E-state index in [-0.39, 0.29) is 11.6 Å². The summed E-state index contributed by atoms with van der Waals surface area (Å²) < 4.78 is 2.86. The van der Waals surface area contributed by atoms with Crippen LogP contribution in [0.3, 0.4) is 0 Å². The number of anilines is 1. The molecular formula is C17H12BrN7O2. The van der Waals surface area contributed by atoms with E-state index in [4.69, 9.17) is 0 Å². The van der Waals surface area contributed by atoms with Crippen LogP contribution < -0.4 is 5.43 Å². The van der Waals surface area contributed by atoms with Crippen molar-refractivity contribution in [1.82, 2.24) is 19.7 Å². The van der Waals surface area contributed by atoms with Crippen molar-refractivity contribution >= 4 is 55.8 Å². The molecule has 0 aliphatic rings. The Bertz CT molecular complexity index is 1220. The van der Waals surface area contributed by atoms with Crippen LogP contribution in [0.4, 0.5) is 11.6 Å². The summed E-state index contributed by atoms with van der Waals surface area (Å²) in [4.78, 5) is 15.0. The number of hydrogen-bond donors (Lipinski definition) is 1. The molecule has 0 saturated carbocycles. The highest BCUT2D eigenvalue weighted by Gasteiger charge is 2.13. The Morgan fingerprint density at radius 1 is 1.26 bits per heavy atom. The number of nitro benzene ring substituents is 1. The Morgan fingerprint density at radius 3 is 2.89 bits per heavy atom. The minimum Gasteiger partial charge on any atom is -0.327 e. The first-order valence-corrected chi connectivity index (χ1v) is 8.65. The Balaban J connectivity index is 1.67. The molecule has 2 aromatic heterocycles. The fraction of sp³-hybridized carbons (Fsp3) is 0.0588. The number of halogens is 1. The first-order chi connectivity index (χ1) is 13.0. The van der Waals surface area contributed by atoms with Crippen LogP contribution in [0.25, 0.3) is 22.1 Å². The number of rotatable bonds is 4. The molecule has 4 rings (SSSR count). The maximum absolute atomic E-state index is 11.0. The zero-order chi connectivity index (χ0) is 19.0. The molecule has 10 heteroatoms. The van der Waals surface area contributed by atoms with E-state index in [1.807, 2.05) is 29.8 Å². The van der Waals surface area contributed by atoms with Crippen molar-refractivity contribution in [2.75, 3.05) is 5.43 Å². The Labute approximate surface area is 161 Å². The molecule has 9 nitrogen and oxygen atoms in total. The molecule has 0 spiro atoms. The van der Waals surface area contributed by atoms with E-state index in [1.165, 1.54) is 12.3 Å². The summed E-state index contributed by atoms with van der Waals surface area (Å²) >= 11 is 3.46. The van der Waals surface area contributed by atoms with Gasteiger partial charge in [-0.1, -0.05) is 28.1 Å². The normalized spacial score (nSPS) is 11.5. The molecule has 0 saturated heterocycles. The van der Waals surface area contributed by atoms with Crippen molar-refractivity contribution in [3.8, 4) is 0 Å². The van der Waals surface area contributed by atoms with E-state index in [1.54, 1.807) is 18.2 Å². The molecule has 0 atom stereocenters. The van der Waals surface area contributed by atoms with Crippen LogP contribution in [0.1, 0.15) is 5.56 Å². The van der Waals surface area contributed by atoms with Crippen LogP contribution in [0.5, 0.6) is 0 Å². The van der Waals surface area contributed by atoms with Gasteiger partial charge in [-0.15, -0.1) is 10.2 Å². The van der Waals surface area contributed by atoms with E-state index in [9.17, 15) is 10.1 Å². The minimum absolute atomic E-state index is 0.0307. The molecule has 0 radical (unpaired) electrons. The van der Waals surface area contributed by atoms with Gasteiger partial charge in [-0.25, -0.2) is 5.43 Å². The summed E-state index contributed by atoms with van der Waals surface area (Å²) in [5.74, 6) is 0.197. The predicted molar refractivity (Wildman–Crippen MR) is 106 cm³/mol. The lowest BCUT2D eigenvalue weighted by Crippen LogP contribution is -2.01. The quantitative estimate of drug-likeness (QED) is 0.303. The molecule has 2 heterocycles. The van der Waals surface area contributed by atoms with E-state index in [0.717, 1.165) is 15.4 Å². The highest BCUT2D eigenvalue weighted by Crippen LogP contribution is 2.28. The molecular weight excluding hydrogens is 414 g/mol. The molecule has 4 aromatic rings.